The Hall–Kier alpha value is 1.56. The minimum atomic E-state index is -1.91. The van der Waals surface area contributed by atoms with Gasteiger partial charge in [-0.25, -0.2) is 0 Å². The van der Waals surface area contributed by atoms with E-state index in [1.54, 1.807) is 0 Å². The first-order chi connectivity index (χ1) is 7.52. The van der Waals surface area contributed by atoms with Crippen LogP contribution in [0.5, 0.6) is 0 Å². The first-order valence-electron chi connectivity index (χ1n) is 7.26. The van der Waals surface area contributed by atoms with Gasteiger partial charge in [0.1, 0.15) is 0 Å². The molecule has 16 heavy (non-hydrogen) atoms. The van der Waals surface area contributed by atoms with Gasteiger partial charge in [-0.1, -0.05) is 0 Å². The maximum absolute atomic E-state index is 3.13. The Bertz CT molecular complexity index is 150. The van der Waals surface area contributed by atoms with Crippen molar-refractivity contribution in [3.05, 3.63) is 0 Å². The molecule has 0 aliphatic carbocycles. The summed E-state index contributed by atoms with van der Waals surface area (Å²) in [6, 6.07) is 0. The maximum atomic E-state index is 3.13. The first-order valence-corrected chi connectivity index (χ1v) is 21.9. The van der Waals surface area contributed by atoms with Gasteiger partial charge in [-0.15, -0.1) is 0 Å². The van der Waals surface area contributed by atoms with Crippen molar-refractivity contribution in [1.82, 2.24) is 1.34 Å². The van der Waals surface area contributed by atoms with Crippen LogP contribution >= 0.6 is 0 Å². The fourth-order valence-corrected chi connectivity index (χ4v) is 60.4. The molecule has 0 rings (SSSR count). The molecule has 98 valence electrons. The van der Waals surface area contributed by atoms with Crippen molar-refractivity contribution in [3.8, 4) is 0 Å². The molecule has 0 saturated carbocycles. The molecule has 3 heteroatoms. The van der Waals surface area contributed by atoms with Crippen LogP contribution in [0.1, 0.15) is 41.5 Å². The van der Waals surface area contributed by atoms with Gasteiger partial charge in [0.15, 0.2) is 0 Å². The van der Waals surface area contributed by atoms with Crippen molar-refractivity contribution < 1.29 is 0 Å². The molecule has 0 saturated heterocycles. The molecule has 0 aliphatic rings. The monoisotopic (exact) mass is 443 g/mol. The normalized spacial score (nSPS) is 13.5. The van der Waals surface area contributed by atoms with Crippen molar-refractivity contribution in [2.75, 3.05) is 7.05 Å². The molecule has 0 fully saturated rings. The van der Waals surface area contributed by atoms with Gasteiger partial charge in [0.2, 0.25) is 0 Å². The van der Waals surface area contributed by atoms with Gasteiger partial charge >= 0.3 is 114 Å². The number of nitrogens with zero attached hydrogens (tertiary/aromatic N) is 1. The summed E-state index contributed by atoms with van der Waals surface area (Å²) in [6.07, 6.45) is 0. The van der Waals surface area contributed by atoms with Gasteiger partial charge in [-0.3, -0.25) is 0 Å². The number of hydrogen-bond acceptors (Lipinski definition) is 1. The van der Waals surface area contributed by atoms with E-state index in [0.29, 0.717) is 0 Å². The van der Waals surface area contributed by atoms with E-state index >= 15 is 0 Å². The summed E-state index contributed by atoms with van der Waals surface area (Å²) in [7, 11) is 2.54. The van der Waals surface area contributed by atoms with Crippen LogP contribution in [-0.2, 0) is 0 Å². The predicted molar refractivity (Wildman–Crippen MR) is 82.2 cm³/mol. The van der Waals surface area contributed by atoms with Gasteiger partial charge in [-0.05, 0) is 0 Å². The van der Waals surface area contributed by atoms with Crippen molar-refractivity contribution in [3.63, 3.8) is 0 Å². The van der Waals surface area contributed by atoms with Crippen LogP contribution in [0.3, 0.4) is 0 Å². The van der Waals surface area contributed by atoms with Crippen LogP contribution in [0.4, 0.5) is 0 Å². The third-order valence-electron chi connectivity index (χ3n) is 5.37. The summed E-state index contributed by atoms with van der Waals surface area (Å²) in [5.74, 6) is 0. The van der Waals surface area contributed by atoms with E-state index in [1.807, 2.05) is 0 Å². The topological polar surface area (TPSA) is 3.24 Å². The van der Waals surface area contributed by atoms with E-state index in [1.165, 1.54) is 26.6 Å². The number of hydrogen-bond donors (Lipinski definition) is 0. The van der Waals surface area contributed by atoms with E-state index in [-0.39, 0.29) is 0 Å². The molecule has 0 heterocycles. The summed E-state index contributed by atoms with van der Waals surface area (Å²) in [5.41, 5.74) is 0. The Morgan fingerprint density at radius 2 is 0.750 bits per heavy atom. The number of rotatable bonds is 8. The van der Waals surface area contributed by atoms with Crippen LogP contribution in [0.15, 0.2) is 0 Å². The Balaban J connectivity index is 5.16. The zero-order chi connectivity index (χ0) is 12.8. The molecule has 0 aliphatic heterocycles. The van der Waals surface area contributed by atoms with Crippen molar-refractivity contribution >= 4 is 37.3 Å². The average Bonchev–Trinajstić information content (AvgIpc) is 2.35. The molecule has 1 nitrogen and oxygen atoms in total. The second kappa shape index (κ2) is 7.88. The average molecular weight is 441 g/mol. The molecule has 0 spiro atoms. The standard InChI is InChI=1S/6C2H5.CH3N.2Sn/c7*1-2;;/h6*1H2,2H3;1H3;;. The Morgan fingerprint density at radius 3 is 0.875 bits per heavy atom. The van der Waals surface area contributed by atoms with E-state index in [2.05, 4.69) is 49.9 Å². The molecule has 0 bridgehead atoms. The van der Waals surface area contributed by atoms with Crippen molar-refractivity contribution in [2.24, 2.45) is 0 Å². The molecule has 0 radical (unpaired) electrons. The predicted octanol–water partition coefficient (Wildman–Crippen LogP) is 4.93. The van der Waals surface area contributed by atoms with Crippen molar-refractivity contribution in [1.29, 1.82) is 0 Å². The van der Waals surface area contributed by atoms with Crippen LogP contribution < -0.4 is 0 Å². The SMILES string of the molecule is C[CH2][Sn]([CH2]C)([CH2]C)[N](C)[Sn]([CH2]C)([CH2]C)[CH2]C. The molecule has 0 aromatic rings. The van der Waals surface area contributed by atoms with Gasteiger partial charge in [0.05, 0.1) is 0 Å². The van der Waals surface area contributed by atoms with Gasteiger partial charge in [-0.2, -0.15) is 0 Å². The van der Waals surface area contributed by atoms with Crippen LogP contribution in [0, 0.1) is 0 Å². The summed E-state index contributed by atoms with van der Waals surface area (Å²) >= 11 is -3.81. The Morgan fingerprint density at radius 1 is 0.562 bits per heavy atom. The molecule has 0 aromatic heterocycles. The zero-order valence-electron chi connectivity index (χ0n) is 12.7. The molecule has 0 unspecified atom stereocenters. The third kappa shape index (κ3) is 3.31. The first kappa shape index (κ1) is 17.6. The van der Waals surface area contributed by atoms with E-state index in [0.717, 1.165) is 0 Å². The fraction of sp³-hybridized carbons (Fsp3) is 1.00. The molecule has 0 amide bonds. The van der Waals surface area contributed by atoms with Gasteiger partial charge in [0, 0.05) is 0 Å². The molecule has 0 atom stereocenters. The van der Waals surface area contributed by atoms with Crippen LogP contribution in [0.25, 0.3) is 0 Å². The molecular formula is C13H33NSn2. The second-order valence-corrected chi connectivity index (χ2v) is 38.7. The quantitative estimate of drug-likeness (QED) is 0.484. The second-order valence-electron chi connectivity index (χ2n) is 5.13. The van der Waals surface area contributed by atoms with Crippen LogP contribution in [-0.4, -0.2) is 45.7 Å². The Kier molecular flexibility index (Phi) is 8.64. The van der Waals surface area contributed by atoms with Gasteiger partial charge < -0.3 is 0 Å². The third-order valence-corrected chi connectivity index (χ3v) is 54.2. The van der Waals surface area contributed by atoms with Crippen molar-refractivity contribution in [2.45, 2.75) is 68.2 Å². The fourth-order valence-electron chi connectivity index (χ4n) is 3.43. The molecular weight excluding hydrogens is 408 g/mol. The van der Waals surface area contributed by atoms with E-state index in [4.69, 9.17) is 0 Å². The van der Waals surface area contributed by atoms with Crippen LogP contribution in [0.2, 0.25) is 26.6 Å². The molecule has 0 aromatic carbocycles. The molecule has 0 N–H and O–H groups in total. The Labute approximate surface area is 113 Å². The zero-order valence-corrected chi connectivity index (χ0v) is 18.4. The minimum absolute atomic E-state index is 1.52. The summed E-state index contributed by atoms with van der Waals surface area (Å²) in [6.45, 7) is 14.8. The van der Waals surface area contributed by atoms with Gasteiger partial charge in [0.25, 0.3) is 0 Å². The summed E-state index contributed by atoms with van der Waals surface area (Å²) in [5, 5.41) is 0. The summed E-state index contributed by atoms with van der Waals surface area (Å²) in [4.78, 5) is 0. The summed E-state index contributed by atoms with van der Waals surface area (Å²) < 4.78 is 12.3. The van der Waals surface area contributed by atoms with E-state index in [9.17, 15) is 0 Å². The van der Waals surface area contributed by atoms with E-state index < -0.39 is 37.3 Å².